The molecule has 0 saturated heterocycles. The largest absolute Gasteiger partial charge is 0.607 e. The van der Waals surface area contributed by atoms with Gasteiger partial charge in [-0.15, -0.1) is 0 Å². The van der Waals surface area contributed by atoms with Crippen molar-refractivity contribution in [2.75, 3.05) is 0 Å². The van der Waals surface area contributed by atoms with E-state index in [1.807, 2.05) is 0 Å². The Labute approximate surface area is 66.4 Å². The highest BCUT2D eigenvalue weighted by Gasteiger charge is 2.22. The lowest BCUT2D eigenvalue weighted by atomic mass is 10.7. The van der Waals surface area contributed by atoms with Gasteiger partial charge in [-0.3, -0.25) is 0 Å². The first-order valence-electron chi connectivity index (χ1n) is 2.79. The molecule has 0 radical (unpaired) electrons. The second-order valence-corrected chi connectivity index (χ2v) is 5.00. The molecule has 0 fully saturated rings. The van der Waals surface area contributed by atoms with Crippen molar-refractivity contribution in [2.24, 2.45) is 0 Å². The summed E-state index contributed by atoms with van der Waals surface area (Å²) >= 11 is -2.06. The molecule has 2 unspecified atom stereocenters. The first-order valence-corrected chi connectivity index (χ1v) is 5.22. The molecule has 2 atom stereocenters. The van der Waals surface area contributed by atoms with E-state index in [0.717, 1.165) is 0 Å². The van der Waals surface area contributed by atoms with Gasteiger partial charge in [0.05, 0.1) is 0 Å². The molecule has 4 heteroatoms. The second kappa shape index (κ2) is 3.00. The van der Waals surface area contributed by atoms with Crippen molar-refractivity contribution >= 4 is 22.4 Å². The fourth-order valence-corrected chi connectivity index (χ4v) is 2.84. The summed E-state index contributed by atoms with van der Waals surface area (Å²) in [7, 11) is 0. The zero-order chi connectivity index (χ0) is 7.72. The fraction of sp³-hybridized carbons (Fsp3) is 0.333. The zero-order valence-electron chi connectivity index (χ0n) is 5.79. The first kappa shape index (κ1) is 8.20. The highest BCUT2D eigenvalue weighted by atomic mass is 32.2. The molecule has 1 heterocycles. The monoisotopic (exact) mass is 176 g/mol. The molecule has 0 aromatic carbocycles. The third-order valence-corrected chi connectivity index (χ3v) is 4.12. The molecule has 0 aliphatic carbocycles. The predicted octanol–water partition coefficient (Wildman–Crippen LogP) is 1.22. The Morgan fingerprint density at radius 2 is 1.30 bits per heavy atom. The molecule has 0 saturated carbocycles. The average Bonchev–Trinajstić information content (AvgIpc) is 1.84. The second-order valence-electron chi connectivity index (χ2n) is 2.05. The van der Waals surface area contributed by atoms with E-state index in [-0.39, 0.29) is 0 Å². The molecule has 0 N–H and O–H groups in total. The number of rotatable bonds is 0. The molecule has 10 heavy (non-hydrogen) atoms. The summed E-state index contributed by atoms with van der Waals surface area (Å²) in [5.41, 5.74) is 0. The Morgan fingerprint density at radius 3 is 1.60 bits per heavy atom. The van der Waals surface area contributed by atoms with Gasteiger partial charge in [-0.2, -0.15) is 0 Å². The maximum absolute atomic E-state index is 11.0. The maximum Gasteiger partial charge on any atom is 0.179 e. The Hall–Kier alpha value is 0.1000. The smallest absolute Gasteiger partial charge is 0.179 e. The van der Waals surface area contributed by atoms with E-state index in [1.165, 1.54) is 10.8 Å². The van der Waals surface area contributed by atoms with E-state index >= 15 is 0 Å². The Morgan fingerprint density at radius 1 is 1.00 bits per heavy atom. The molecular weight excluding hydrogens is 168 g/mol. The van der Waals surface area contributed by atoms with Crippen LogP contribution in [0.1, 0.15) is 13.8 Å². The predicted molar refractivity (Wildman–Crippen MR) is 43.8 cm³/mol. The standard InChI is InChI=1S/C6H8O2S2/c1-5-3-10(8)6(2)4-9(5)7/h3-4H,1-2H3. The van der Waals surface area contributed by atoms with E-state index in [0.29, 0.717) is 9.81 Å². The van der Waals surface area contributed by atoms with Crippen molar-refractivity contribution in [3.63, 3.8) is 0 Å². The third-order valence-electron chi connectivity index (χ3n) is 1.18. The van der Waals surface area contributed by atoms with Gasteiger partial charge in [0.2, 0.25) is 0 Å². The van der Waals surface area contributed by atoms with Crippen molar-refractivity contribution in [2.45, 2.75) is 13.8 Å². The van der Waals surface area contributed by atoms with Crippen LogP contribution in [0.25, 0.3) is 0 Å². The van der Waals surface area contributed by atoms with Crippen LogP contribution in [0.2, 0.25) is 0 Å². The lowest BCUT2D eigenvalue weighted by Crippen LogP contribution is -2.10. The maximum atomic E-state index is 11.0. The van der Waals surface area contributed by atoms with Gasteiger partial charge in [0.15, 0.2) is 20.6 Å². The van der Waals surface area contributed by atoms with Gasteiger partial charge < -0.3 is 9.11 Å². The Balaban J connectivity index is 2.81. The van der Waals surface area contributed by atoms with Gasteiger partial charge in [0.25, 0.3) is 0 Å². The zero-order valence-corrected chi connectivity index (χ0v) is 7.42. The van der Waals surface area contributed by atoms with Crippen molar-refractivity contribution < 1.29 is 9.11 Å². The van der Waals surface area contributed by atoms with Crippen LogP contribution in [-0.4, -0.2) is 9.11 Å². The van der Waals surface area contributed by atoms with Gasteiger partial charge in [-0.25, -0.2) is 0 Å². The molecular formula is C6H8O2S2. The third kappa shape index (κ3) is 1.58. The summed E-state index contributed by atoms with van der Waals surface area (Å²) in [6, 6.07) is 0. The van der Waals surface area contributed by atoms with Crippen molar-refractivity contribution in [1.29, 1.82) is 0 Å². The summed E-state index contributed by atoms with van der Waals surface area (Å²) in [4.78, 5) is 1.37. The van der Waals surface area contributed by atoms with E-state index in [4.69, 9.17) is 0 Å². The molecule has 1 aliphatic rings. The summed E-state index contributed by atoms with van der Waals surface area (Å²) < 4.78 is 22.0. The van der Waals surface area contributed by atoms with E-state index in [2.05, 4.69) is 0 Å². The van der Waals surface area contributed by atoms with Gasteiger partial charge in [-0.05, 0) is 0 Å². The highest BCUT2D eigenvalue weighted by Crippen LogP contribution is 2.22. The molecule has 56 valence electrons. The van der Waals surface area contributed by atoms with Crippen LogP contribution in [0.4, 0.5) is 0 Å². The van der Waals surface area contributed by atoms with Crippen LogP contribution in [0, 0.1) is 0 Å². The molecule has 0 bridgehead atoms. The van der Waals surface area contributed by atoms with Crippen molar-refractivity contribution in [3.05, 3.63) is 20.6 Å². The Kier molecular flexibility index (Phi) is 2.46. The SMILES string of the molecule is CC1=C[S+]([O-])C(C)=C[S+]1[O-]. The number of hydrogen-bond acceptors (Lipinski definition) is 2. The molecule has 0 aromatic rings. The van der Waals surface area contributed by atoms with Crippen LogP contribution in [0.15, 0.2) is 20.6 Å². The minimum absolute atomic E-state index is 0.684. The van der Waals surface area contributed by atoms with Crippen LogP contribution >= 0.6 is 0 Å². The molecule has 0 amide bonds. The summed E-state index contributed by atoms with van der Waals surface area (Å²) in [5.74, 6) is 0. The first-order chi connectivity index (χ1) is 4.61. The number of hydrogen-bond donors (Lipinski definition) is 0. The highest BCUT2D eigenvalue weighted by molar-refractivity contribution is 8.04. The van der Waals surface area contributed by atoms with E-state index in [9.17, 15) is 9.11 Å². The van der Waals surface area contributed by atoms with Crippen molar-refractivity contribution in [1.82, 2.24) is 0 Å². The quantitative estimate of drug-likeness (QED) is 0.521. The van der Waals surface area contributed by atoms with Crippen LogP contribution < -0.4 is 0 Å². The summed E-state index contributed by atoms with van der Waals surface area (Å²) in [5, 5.41) is 3.07. The summed E-state index contributed by atoms with van der Waals surface area (Å²) in [6.07, 6.45) is 0. The average molecular weight is 176 g/mol. The fourth-order valence-electron chi connectivity index (χ4n) is 0.582. The van der Waals surface area contributed by atoms with Crippen LogP contribution in [0.3, 0.4) is 0 Å². The minimum Gasteiger partial charge on any atom is -0.607 e. The topological polar surface area (TPSA) is 46.1 Å². The molecule has 1 aliphatic heterocycles. The van der Waals surface area contributed by atoms with Crippen LogP contribution in [0.5, 0.6) is 0 Å². The van der Waals surface area contributed by atoms with Gasteiger partial charge in [0, 0.05) is 36.2 Å². The van der Waals surface area contributed by atoms with E-state index < -0.39 is 22.4 Å². The minimum atomic E-state index is -1.03. The lowest BCUT2D eigenvalue weighted by molar-refractivity contribution is 0.602. The lowest BCUT2D eigenvalue weighted by Gasteiger charge is -2.13. The normalized spacial score (nSPS) is 33.2. The Bertz CT molecular complexity index is 176. The molecule has 0 spiro atoms. The van der Waals surface area contributed by atoms with Gasteiger partial charge in [0.1, 0.15) is 0 Å². The van der Waals surface area contributed by atoms with E-state index in [1.54, 1.807) is 13.8 Å². The van der Waals surface area contributed by atoms with Crippen LogP contribution in [-0.2, 0) is 22.4 Å². The van der Waals surface area contributed by atoms with Crippen molar-refractivity contribution in [3.8, 4) is 0 Å². The molecule has 0 aromatic heterocycles. The van der Waals surface area contributed by atoms with Gasteiger partial charge >= 0.3 is 0 Å². The molecule has 2 nitrogen and oxygen atoms in total. The number of allylic oxidation sites excluding steroid dienone is 2. The molecule has 1 rings (SSSR count). The summed E-state index contributed by atoms with van der Waals surface area (Å²) in [6.45, 7) is 3.44. The van der Waals surface area contributed by atoms with Gasteiger partial charge in [-0.1, -0.05) is 0 Å².